The van der Waals surface area contributed by atoms with Gasteiger partial charge in [-0.25, -0.2) is 9.37 Å². The van der Waals surface area contributed by atoms with Gasteiger partial charge in [-0.1, -0.05) is 12.1 Å². The van der Waals surface area contributed by atoms with Crippen LogP contribution in [0.15, 0.2) is 36.5 Å². The number of nitrogens with zero attached hydrogens (tertiary/aromatic N) is 3. The van der Waals surface area contributed by atoms with E-state index in [4.69, 9.17) is 9.47 Å². The van der Waals surface area contributed by atoms with Gasteiger partial charge in [0.15, 0.2) is 5.79 Å². The van der Waals surface area contributed by atoms with E-state index in [2.05, 4.69) is 20.2 Å². The lowest BCUT2D eigenvalue weighted by Gasteiger charge is -2.38. The van der Waals surface area contributed by atoms with Crippen LogP contribution in [0.3, 0.4) is 0 Å². The van der Waals surface area contributed by atoms with Crippen LogP contribution in [0.2, 0.25) is 0 Å². The Kier molecular flexibility index (Phi) is 4.03. The van der Waals surface area contributed by atoms with Crippen molar-refractivity contribution >= 4 is 17.5 Å². The number of halogens is 1. The molecule has 2 fully saturated rings. The van der Waals surface area contributed by atoms with Crippen LogP contribution in [-0.2, 0) is 9.47 Å². The number of piperidine rings is 1. The standard InChI is InChI=1S/C17H19FN4O2/c18-13-3-1-2-4-14(13)20-16-19-8-5-15(21-16)22-9-6-17(7-10-22)23-11-12-24-17/h1-5,8H,6-7,9-12H2,(H,19,20,21). The summed E-state index contributed by atoms with van der Waals surface area (Å²) < 4.78 is 25.2. The zero-order chi connectivity index (χ0) is 16.4. The minimum Gasteiger partial charge on any atom is -0.356 e. The van der Waals surface area contributed by atoms with Gasteiger partial charge in [0.2, 0.25) is 5.95 Å². The molecule has 4 rings (SSSR count). The number of hydrogen-bond donors (Lipinski definition) is 1. The van der Waals surface area contributed by atoms with E-state index in [0.29, 0.717) is 24.8 Å². The van der Waals surface area contributed by atoms with Crippen LogP contribution in [0.1, 0.15) is 12.8 Å². The van der Waals surface area contributed by atoms with Crippen molar-refractivity contribution in [1.82, 2.24) is 9.97 Å². The number of rotatable bonds is 3. The summed E-state index contributed by atoms with van der Waals surface area (Å²) >= 11 is 0. The Bertz CT molecular complexity index is 711. The highest BCUT2D eigenvalue weighted by atomic mass is 19.1. The van der Waals surface area contributed by atoms with Crippen LogP contribution in [0.25, 0.3) is 0 Å². The van der Waals surface area contributed by atoms with Gasteiger partial charge in [-0.2, -0.15) is 4.98 Å². The van der Waals surface area contributed by atoms with Gasteiger partial charge in [-0.15, -0.1) is 0 Å². The van der Waals surface area contributed by atoms with Crippen LogP contribution >= 0.6 is 0 Å². The number of benzene rings is 1. The van der Waals surface area contributed by atoms with E-state index in [9.17, 15) is 4.39 Å². The molecule has 0 aliphatic carbocycles. The molecule has 126 valence electrons. The van der Waals surface area contributed by atoms with Gasteiger partial charge in [0.1, 0.15) is 11.6 Å². The summed E-state index contributed by atoms with van der Waals surface area (Å²) in [5.74, 6) is 0.461. The third-order valence-electron chi connectivity index (χ3n) is 4.42. The van der Waals surface area contributed by atoms with Crippen molar-refractivity contribution in [3.8, 4) is 0 Å². The largest absolute Gasteiger partial charge is 0.356 e. The van der Waals surface area contributed by atoms with E-state index >= 15 is 0 Å². The van der Waals surface area contributed by atoms with Gasteiger partial charge < -0.3 is 19.7 Å². The molecule has 0 amide bonds. The average molecular weight is 330 g/mol. The van der Waals surface area contributed by atoms with Gasteiger partial charge >= 0.3 is 0 Å². The third kappa shape index (κ3) is 3.05. The zero-order valence-corrected chi connectivity index (χ0v) is 13.2. The number of ether oxygens (including phenoxy) is 2. The second-order valence-electron chi connectivity index (χ2n) is 5.94. The van der Waals surface area contributed by atoms with Crippen molar-refractivity contribution in [2.45, 2.75) is 18.6 Å². The fraction of sp³-hybridized carbons (Fsp3) is 0.412. The van der Waals surface area contributed by atoms with E-state index in [1.807, 2.05) is 6.07 Å². The maximum absolute atomic E-state index is 13.7. The fourth-order valence-electron chi connectivity index (χ4n) is 3.13. The lowest BCUT2D eigenvalue weighted by Crippen LogP contribution is -2.45. The monoisotopic (exact) mass is 330 g/mol. The quantitative estimate of drug-likeness (QED) is 0.934. The smallest absolute Gasteiger partial charge is 0.229 e. The lowest BCUT2D eigenvalue weighted by atomic mass is 10.0. The number of aromatic nitrogens is 2. The minimum atomic E-state index is -0.405. The summed E-state index contributed by atoms with van der Waals surface area (Å²) in [4.78, 5) is 10.9. The average Bonchev–Trinajstić information content (AvgIpc) is 3.06. The summed E-state index contributed by atoms with van der Waals surface area (Å²) in [6, 6.07) is 8.33. The maximum atomic E-state index is 13.7. The second-order valence-corrected chi connectivity index (χ2v) is 5.94. The first kappa shape index (κ1) is 15.3. The van der Waals surface area contributed by atoms with Crippen molar-refractivity contribution in [2.24, 2.45) is 0 Å². The molecule has 3 heterocycles. The normalized spacial score (nSPS) is 19.6. The summed E-state index contributed by atoms with van der Waals surface area (Å²) in [6.45, 7) is 2.95. The molecule has 24 heavy (non-hydrogen) atoms. The summed E-state index contributed by atoms with van der Waals surface area (Å²) in [5.41, 5.74) is 0.361. The Morgan fingerprint density at radius 1 is 1.08 bits per heavy atom. The highest BCUT2D eigenvalue weighted by Crippen LogP contribution is 2.32. The maximum Gasteiger partial charge on any atom is 0.229 e. The van der Waals surface area contributed by atoms with E-state index in [0.717, 1.165) is 31.7 Å². The van der Waals surface area contributed by atoms with Gasteiger partial charge in [0, 0.05) is 32.1 Å². The Hall–Kier alpha value is -2.25. The molecule has 0 saturated carbocycles. The molecule has 0 unspecified atom stereocenters. The van der Waals surface area contributed by atoms with Gasteiger partial charge in [-0.05, 0) is 18.2 Å². The number of para-hydroxylation sites is 1. The summed E-state index contributed by atoms with van der Waals surface area (Å²) in [6.07, 6.45) is 3.30. The number of nitrogens with one attached hydrogen (secondary N) is 1. The molecular formula is C17H19FN4O2. The number of hydrogen-bond acceptors (Lipinski definition) is 6. The molecule has 7 heteroatoms. The first-order valence-corrected chi connectivity index (χ1v) is 8.12. The van der Waals surface area contributed by atoms with Crippen LogP contribution in [0.5, 0.6) is 0 Å². The molecule has 2 aromatic rings. The van der Waals surface area contributed by atoms with E-state index < -0.39 is 5.79 Å². The SMILES string of the molecule is Fc1ccccc1Nc1nccc(N2CCC3(CC2)OCCO3)n1. The number of anilines is 3. The zero-order valence-electron chi connectivity index (χ0n) is 13.2. The van der Waals surface area contributed by atoms with E-state index in [1.165, 1.54) is 6.07 Å². The highest BCUT2D eigenvalue weighted by molar-refractivity contribution is 5.55. The van der Waals surface area contributed by atoms with E-state index in [-0.39, 0.29) is 5.82 Å². The molecule has 1 aromatic heterocycles. The Morgan fingerprint density at radius 3 is 2.58 bits per heavy atom. The molecule has 0 bridgehead atoms. The molecule has 0 radical (unpaired) electrons. The fourth-order valence-corrected chi connectivity index (χ4v) is 3.13. The molecule has 2 aliphatic heterocycles. The van der Waals surface area contributed by atoms with Crippen molar-refractivity contribution in [3.63, 3.8) is 0 Å². The predicted octanol–water partition coefficient (Wildman–Crippen LogP) is 2.70. The Labute approximate surface area is 139 Å². The molecule has 0 atom stereocenters. The molecule has 2 aliphatic rings. The summed E-state index contributed by atoms with van der Waals surface area (Å²) in [7, 11) is 0. The van der Waals surface area contributed by atoms with Gasteiger partial charge in [-0.3, -0.25) is 0 Å². The third-order valence-corrected chi connectivity index (χ3v) is 4.42. The van der Waals surface area contributed by atoms with Crippen molar-refractivity contribution < 1.29 is 13.9 Å². The molecule has 2 saturated heterocycles. The summed E-state index contributed by atoms with van der Waals surface area (Å²) in [5, 5.41) is 2.93. The molecular weight excluding hydrogens is 311 g/mol. The van der Waals surface area contributed by atoms with Crippen LogP contribution in [-0.4, -0.2) is 42.1 Å². The second kappa shape index (κ2) is 6.33. The van der Waals surface area contributed by atoms with Crippen molar-refractivity contribution in [3.05, 3.63) is 42.3 Å². The molecule has 1 aromatic carbocycles. The highest BCUT2D eigenvalue weighted by Gasteiger charge is 2.40. The molecule has 1 spiro atoms. The van der Waals surface area contributed by atoms with Crippen LogP contribution in [0.4, 0.5) is 21.8 Å². The lowest BCUT2D eigenvalue weighted by molar-refractivity contribution is -0.169. The van der Waals surface area contributed by atoms with Crippen molar-refractivity contribution in [1.29, 1.82) is 0 Å². The minimum absolute atomic E-state index is 0.332. The van der Waals surface area contributed by atoms with Gasteiger partial charge in [0.05, 0.1) is 18.9 Å². The first-order chi connectivity index (χ1) is 11.7. The molecule has 6 nitrogen and oxygen atoms in total. The topological polar surface area (TPSA) is 59.5 Å². The van der Waals surface area contributed by atoms with Gasteiger partial charge in [0.25, 0.3) is 0 Å². The van der Waals surface area contributed by atoms with Crippen LogP contribution < -0.4 is 10.2 Å². The Morgan fingerprint density at radius 2 is 1.83 bits per heavy atom. The van der Waals surface area contributed by atoms with Crippen LogP contribution in [0, 0.1) is 5.82 Å². The Balaban J connectivity index is 1.46. The first-order valence-electron chi connectivity index (χ1n) is 8.12. The predicted molar refractivity (Wildman–Crippen MR) is 87.8 cm³/mol. The molecule has 1 N–H and O–H groups in total. The van der Waals surface area contributed by atoms with E-state index in [1.54, 1.807) is 24.4 Å². The van der Waals surface area contributed by atoms with Crippen molar-refractivity contribution in [2.75, 3.05) is 36.5 Å².